The van der Waals surface area contributed by atoms with Crippen molar-refractivity contribution in [3.8, 4) is 11.5 Å². The van der Waals surface area contributed by atoms with Crippen molar-refractivity contribution >= 4 is 22.5 Å². The van der Waals surface area contributed by atoms with Gasteiger partial charge in [0.25, 0.3) is 5.91 Å². The van der Waals surface area contributed by atoms with Gasteiger partial charge in [-0.2, -0.15) is 5.10 Å². The Hall–Kier alpha value is -4.59. The summed E-state index contributed by atoms with van der Waals surface area (Å²) in [5.74, 6) is 2.02. The predicted molar refractivity (Wildman–Crippen MR) is 137 cm³/mol. The lowest BCUT2D eigenvalue weighted by molar-refractivity contribution is 0.102. The zero-order valence-corrected chi connectivity index (χ0v) is 20.3. The molecule has 8 nitrogen and oxygen atoms in total. The maximum Gasteiger partial charge on any atom is 0.256 e. The molecule has 0 saturated heterocycles. The number of ether oxygens (including phenoxy) is 2. The number of aryl methyl sites for hydroxylation is 2. The second-order valence-corrected chi connectivity index (χ2v) is 8.42. The van der Waals surface area contributed by atoms with Crippen LogP contribution < -0.4 is 14.8 Å². The molecule has 182 valence electrons. The average Bonchev–Trinajstić information content (AvgIpc) is 3.47. The highest BCUT2D eigenvalue weighted by Crippen LogP contribution is 2.30. The molecule has 0 bridgehead atoms. The fourth-order valence-electron chi connectivity index (χ4n) is 4.13. The normalized spacial score (nSPS) is 11.0. The Morgan fingerprint density at radius 3 is 2.67 bits per heavy atom. The van der Waals surface area contributed by atoms with Gasteiger partial charge in [0.2, 0.25) is 0 Å². The number of fused-ring (bicyclic) bond motifs is 1. The topological polar surface area (TPSA) is 91.4 Å². The molecule has 0 aliphatic carbocycles. The molecular weight excluding hydrogens is 456 g/mol. The Morgan fingerprint density at radius 1 is 1.03 bits per heavy atom. The van der Waals surface area contributed by atoms with E-state index in [0.717, 1.165) is 27.6 Å². The van der Waals surface area contributed by atoms with E-state index in [0.29, 0.717) is 35.2 Å². The van der Waals surface area contributed by atoms with Gasteiger partial charge in [-0.25, -0.2) is 4.68 Å². The highest BCUT2D eigenvalue weighted by atomic mass is 16.5. The van der Waals surface area contributed by atoms with Crippen molar-refractivity contribution in [1.82, 2.24) is 14.9 Å². The molecule has 36 heavy (non-hydrogen) atoms. The molecule has 0 aliphatic rings. The predicted octanol–water partition coefficient (Wildman–Crippen LogP) is 5.53. The third-order valence-corrected chi connectivity index (χ3v) is 6.14. The highest BCUT2D eigenvalue weighted by molar-refractivity contribution is 6.04. The zero-order valence-electron chi connectivity index (χ0n) is 20.3. The van der Waals surface area contributed by atoms with E-state index in [4.69, 9.17) is 14.0 Å². The quantitative estimate of drug-likeness (QED) is 0.313. The van der Waals surface area contributed by atoms with Gasteiger partial charge in [-0.15, -0.1) is 0 Å². The van der Waals surface area contributed by atoms with E-state index in [1.54, 1.807) is 42.3 Å². The van der Waals surface area contributed by atoms with Gasteiger partial charge in [0.15, 0.2) is 11.5 Å². The zero-order chi connectivity index (χ0) is 25.1. The van der Waals surface area contributed by atoms with Gasteiger partial charge >= 0.3 is 0 Å². The van der Waals surface area contributed by atoms with Crippen LogP contribution in [0.4, 0.5) is 5.82 Å². The van der Waals surface area contributed by atoms with Gasteiger partial charge in [0.1, 0.15) is 18.2 Å². The Morgan fingerprint density at radius 2 is 1.86 bits per heavy atom. The van der Waals surface area contributed by atoms with E-state index < -0.39 is 0 Å². The lowest BCUT2D eigenvalue weighted by Gasteiger charge is -2.13. The smallest absolute Gasteiger partial charge is 0.256 e. The molecule has 0 saturated carbocycles. The third kappa shape index (κ3) is 4.65. The SMILES string of the molecule is COc1cc(C(=O)Nc2ccnn2Cc2cccc3ccccc23)ccc1OCc1c(C)noc1C. The summed E-state index contributed by atoms with van der Waals surface area (Å²) in [6.07, 6.45) is 1.67. The minimum absolute atomic E-state index is 0.273. The molecule has 1 N–H and O–H groups in total. The van der Waals surface area contributed by atoms with E-state index in [1.165, 1.54) is 0 Å². The molecular formula is C28H26N4O4. The summed E-state index contributed by atoms with van der Waals surface area (Å²) in [7, 11) is 1.54. The number of benzene rings is 3. The number of amides is 1. The molecule has 0 radical (unpaired) electrons. The van der Waals surface area contributed by atoms with Crippen molar-refractivity contribution in [2.24, 2.45) is 0 Å². The van der Waals surface area contributed by atoms with Crippen molar-refractivity contribution in [3.63, 3.8) is 0 Å². The van der Waals surface area contributed by atoms with Crippen molar-refractivity contribution < 1.29 is 18.8 Å². The first kappa shape index (κ1) is 23.2. The molecule has 8 heteroatoms. The number of aromatic nitrogens is 3. The van der Waals surface area contributed by atoms with Gasteiger partial charge in [-0.1, -0.05) is 47.6 Å². The first-order valence-electron chi connectivity index (χ1n) is 11.6. The van der Waals surface area contributed by atoms with Crippen LogP contribution in [0.3, 0.4) is 0 Å². The van der Waals surface area contributed by atoms with E-state index in [9.17, 15) is 4.79 Å². The molecule has 1 amide bonds. The molecule has 3 aromatic carbocycles. The number of carbonyl (C=O) groups is 1. The largest absolute Gasteiger partial charge is 0.493 e. The van der Waals surface area contributed by atoms with Crippen LogP contribution in [0.25, 0.3) is 10.8 Å². The Balaban J connectivity index is 1.31. The fraction of sp³-hybridized carbons (Fsp3) is 0.179. The van der Waals surface area contributed by atoms with Crippen LogP contribution >= 0.6 is 0 Å². The third-order valence-electron chi connectivity index (χ3n) is 6.14. The van der Waals surface area contributed by atoms with E-state index >= 15 is 0 Å². The van der Waals surface area contributed by atoms with Crippen molar-refractivity contribution in [1.29, 1.82) is 0 Å². The van der Waals surface area contributed by atoms with Crippen molar-refractivity contribution in [2.75, 3.05) is 12.4 Å². The summed E-state index contributed by atoms with van der Waals surface area (Å²) in [5, 5.41) is 13.6. The first-order chi connectivity index (χ1) is 17.5. The number of carbonyl (C=O) groups excluding carboxylic acids is 1. The summed E-state index contributed by atoms with van der Waals surface area (Å²) >= 11 is 0. The van der Waals surface area contributed by atoms with Crippen LogP contribution in [0.1, 0.15) is 32.9 Å². The molecule has 0 aliphatic heterocycles. The summed E-state index contributed by atoms with van der Waals surface area (Å²) in [6.45, 7) is 4.53. The summed E-state index contributed by atoms with van der Waals surface area (Å²) in [4.78, 5) is 13.1. The number of methoxy groups -OCH3 is 1. The van der Waals surface area contributed by atoms with E-state index in [-0.39, 0.29) is 12.5 Å². The molecule has 5 aromatic rings. The molecule has 0 fully saturated rings. The fourth-order valence-corrected chi connectivity index (χ4v) is 4.13. The number of rotatable bonds is 8. The number of anilines is 1. The van der Waals surface area contributed by atoms with Gasteiger partial charge < -0.3 is 19.3 Å². The van der Waals surface area contributed by atoms with Crippen LogP contribution in [-0.4, -0.2) is 28.0 Å². The second-order valence-electron chi connectivity index (χ2n) is 8.42. The monoisotopic (exact) mass is 482 g/mol. The minimum atomic E-state index is -0.273. The van der Waals surface area contributed by atoms with E-state index in [2.05, 4.69) is 39.8 Å². The lowest BCUT2D eigenvalue weighted by atomic mass is 10.0. The molecule has 5 rings (SSSR count). The minimum Gasteiger partial charge on any atom is -0.493 e. The van der Waals surface area contributed by atoms with Gasteiger partial charge in [0.05, 0.1) is 31.1 Å². The number of hydrogen-bond acceptors (Lipinski definition) is 6. The lowest BCUT2D eigenvalue weighted by Crippen LogP contribution is -2.16. The van der Waals surface area contributed by atoms with Crippen LogP contribution in [0.15, 0.2) is 77.4 Å². The van der Waals surface area contributed by atoms with Gasteiger partial charge in [0, 0.05) is 11.6 Å². The second kappa shape index (κ2) is 9.95. The van der Waals surface area contributed by atoms with Crippen LogP contribution in [-0.2, 0) is 13.2 Å². The molecule has 0 unspecified atom stereocenters. The molecule has 2 heterocycles. The number of nitrogens with zero attached hydrogens (tertiary/aromatic N) is 3. The average molecular weight is 483 g/mol. The maximum atomic E-state index is 13.1. The standard InChI is InChI=1S/C28H26N4O4/c1-18-24(19(2)36-31-18)17-35-25-12-11-21(15-26(25)34-3)28(33)30-27-13-14-29-32(27)16-22-9-6-8-20-7-4-5-10-23(20)22/h4-15H,16-17H2,1-3H3,(H,30,33). The Bertz CT molecular complexity index is 1510. The van der Waals surface area contributed by atoms with E-state index in [1.807, 2.05) is 32.0 Å². The number of hydrogen-bond donors (Lipinski definition) is 1. The maximum absolute atomic E-state index is 13.1. The number of nitrogens with one attached hydrogen (secondary N) is 1. The summed E-state index contributed by atoms with van der Waals surface area (Å²) in [6, 6.07) is 21.3. The summed E-state index contributed by atoms with van der Waals surface area (Å²) < 4.78 is 18.4. The first-order valence-corrected chi connectivity index (χ1v) is 11.6. The highest BCUT2D eigenvalue weighted by Gasteiger charge is 2.16. The van der Waals surface area contributed by atoms with Gasteiger partial charge in [-0.3, -0.25) is 4.79 Å². The van der Waals surface area contributed by atoms with Crippen LogP contribution in [0.5, 0.6) is 11.5 Å². The molecule has 0 atom stereocenters. The van der Waals surface area contributed by atoms with Gasteiger partial charge in [-0.05, 0) is 48.4 Å². The van der Waals surface area contributed by atoms with Crippen molar-refractivity contribution in [2.45, 2.75) is 27.0 Å². The Labute approximate surface area is 208 Å². The molecule has 0 spiro atoms. The molecule has 2 aromatic heterocycles. The van der Waals surface area contributed by atoms with Crippen molar-refractivity contribution in [3.05, 3.63) is 101 Å². The Kier molecular flexibility index (Phi) is 6.40. The van der Waals surface area contributed by atoms with Crippen LogP contribution in [0, 0.1) is 13.8 Å². The van der Waals surface area contributed by atoms with Crippen LogP contribution in [0.2, 0.25) is 0 Å². The summed E-state index contributed by atoms with van der Waals surface area (Å²) in [5.41, 5.74) is 3.23.